The van der Waals surface area contributed by atoms with Gasteiger partial charge in [0.2, 0.25) is 0 Å². The molecular weight excluding hydrogens is 364 g/mol. The number of rotatable bonds is 5. The van der Waals surface area contributed by atoms with Crippen molar-refractivity contribution in [3.8, 4) is 0 Å². The third-order valence-electron chi connectivity index (χ3n) is 5.79. The molecule has 5 nitrogen and oxygen atoms in total. The average molecular weight is 392 g/mol. The van der Waals surface area contributed by atoms with Crippen molar-refractivity contribution in [2.24, 2.45) is 5.92 Å². The summed E-state index contributed by atoms with van der Waals surface area (Å²) < 4.78 is 5.98. The van der Waals surface area contributed by atoms with Crippen LogP contribution in [0.1, 0.15) is 72.3 Å². The number of aromatic amines is 1. The zero-order valence-corrected chi connectivity index (χ0v) is 17.5. The van der Waals surface area contributed by atoms with Gasteiger partial charge in [-0.1, -0.05) is 13.8 Å². The van der Waals surface area contributed by atoms with Gasteiger partial charge in [0.1, 0.15) is 5.76 Å². The van der Waals surface area contributed by atoms with Crippen molar-refractivity contribution >= 4 is 28.3 Å². The van der Waals surface area contributed by atoms with Crippen LogP contribution in [0.15, 0.2) is 34.9 Å². The van der Waals surface area contributed by atoms with Crippen LogP contribution >= 0.6 is 0 Å². The first-order valence-corrected chi connectivity index (χ1v) is 10.4. The van der Waals surface area contributed by atoms with Gasteiger partial charge in [0.15, 0.2) is 11.5 Å². The maximum Gasteiger partial charge on any atom is 0.294 e. The minimum absolute atomic E-state index is 0.00359. The smallest absolute Gasteiger partial charge is 0.294 e. The molecule has 0 aliphatic heterocycles. The van der Waals surface area contributed by atoms with Gasteiger partial charge in [-0.2, -0.15) is 0 Å². The van der Waals surface area contributed by atoms with E-state index in [-0.39, 0.29) is 17.7 Å². The summed E-state index contributed by atoms with van der Waals surface area (Å²) in [4.78, 5) is 31.1. The molecule has 1 aliphatic carbocycles. The van der Waals surface area contributed by atoms with E-state index in [4.69, 9.17) is 4.42 Å². The van der Waals surface area contributed by atoms with Crippen molar-refractivity contribution in [2.45, 2.75) is 59.4 Å². The lowest BCUT2D eigenvalue weighted by Crippen LogP contribution is -2.39. The van der Waals surface area contributed by atoms with Crippen LogP contribution < -0.4 is 4.90 Å². The number of nitrogens with zero attached hydrogens (tertiary/aromatic N) is 1. The van der Waals surface area contributed by atoms with Crippen molar-refractivity contribution in [1.29, 1.82) is 0 Å². The summed E-state index contributed by atoms with van der Waals surface area (Å²) in [6.07, 6.45) is 4.79. The number of aryl methyl sites for hydroxylation is 1. The van der Waals surface area contributed by atoms with E-state index in [1.807, 2.05) is 42.3 Å². The Morgan fingerprint density at radius 2 is 2.00 bits per heavy atom. The Hall–Kier alpha value is -2.82. The van der Waals surface area contributed by atoms with E-state index < -0.39 is 0 Å². The number of Topliss-reactive ketones (excluding diaryl/α,β-unsaturated/α-hetero) is 1. The average Bonchev–Trinajstić information content (AvgIpc) is 3.26. The molecule has 4 rings (SSSR count). The number of furan rings is 1. The Bertz CT molecular complexity index is 1070. The molecule has 5 heteroatoms. The number of hydrogen-bond donors (Lipinski definition) is 1. The van der Waals surface area contributed by atoms with Crippen LogP contribution in [0.25, 0.3) is 10.9 Å². The Morgan fingerprint density at radius 3 is 2.72 bits per heavy atom. The second-order valence-corrected chi connectivity index (χ2v) is 8.53. The molecule has 1 amide bonds. The molecule has 29 heavy (non-hydrogen) atoms. The first kappa shape index (κ1) is 19.5. The maximum absolute atomic E-state index is 13.7. The molecule has 2 aromatic heterocycles. The normalized spacial score (nSPS) is 15.0. The third-order valence-corrected chi connectivity index (χ3v) is 5.79. The van der Waals surface area contributed by atoms with E-state index in [0.717, 1.165) is 29.4 Å². The number of nitrogens with one attached hydrogen (secondary N) is 1. The summed E-state index contributed by atoms with van der Waals surface area (Å²) >= 11 is 0. The zero-order chi connectivity index (χ0) is 20.7. The predicted molar refractivity (Wildman–Crippen MR) is 115 cm³/mol. The van der Waals surface area contributed by atoms with Crippen LogP contribution in [-0.4, -0.2) is 22.7 Å². The van der Waals surface area contributed by atoms with Crippen molar-refractivity contribution in [3.63, 3.8) is 0 Å². The second-order valence-electron chi connectivity index (χ2n) is 8.53. The third kappa shape index (κ3) is 3.50. The van der Waals surface area contributed by atoms with Crippen molar-refractivity contribution < 1.29 is 14.0 Å². The van der Waals surface area contributed by atoms with Gasteiger partial charge in [0, 0.05) is 47.2 Å². The monoisotopic (exact) mass is 392 g/mol. The van der Waals surface area contributed by atoms with Gasteiger partial charge in [-0.25, -0.2) is 0 Å². The van der Waals surface area contributed by atoms with Crippen molar-refractivity contribution in [1.82, 2.24) is 4.98 Å². The van der Waals surface area contributed by atoms with Crippen LogP contribution in [0.5, 0.6) is 0 Å². The zero-order valence-electron chi connectivity index (χ0n) is 17.5. The summed E-state index contributed by atoms with van der Waals surface area (Å²) in [5, 5.41) is 1.06. The molecule has 0 spiro atoms. The fraction of sp³-hybridized carbons (Fsp3) is 0.417. The molecule has 2 heterocycles. The lowest BCUT2D eigenvalue weighted by atomic mass is 9.94. The Balaban J connectivity index is 1.78. The molecule has 3 aromatic rings. The summed E-state index contributed by atoms with van der Waals surface area (Å²) in [5.74, 6) is 1.33. The Kier molecular flexibility index (Phi) is 5.07. The number of carbonyl (C=O) groups is 2. The number of H-pyrrole nitrogens is 1. The number of hydrogen-bond acceptors (Lipinski definition) is 3. The van der Waals surface area contributed by atoms with E-state index in [1.165, 1.54) is 0 Å². The molecule has 0 fully saturated rings. The van der Waals surface area contributed by atoms with Crippen LogP contribution in [0, 0.1) is 12.8 Å². The van der Waals surface area contributed by atoms with E-state index in [1.54, 1.807) is 0 Å². The van der Waals surface area contributed by atoms with E-state index >= 15 is 0 Å². The second kappa shape index (κ2) is 7.54. The van der Waals surface area contributed by atoms with Crippen LogP contribution in [0.3, 0.4) is 0 Å². The largest absolute Gasteiger partial charge is 0.455 e. The van der Waals surface area contributed by atoms with Gasteiger partial charge in [0.25, 0.3) is 5.91 Å². The summed E-state index contributed by atoms with van der Waals surface area (Å²) in [5.41, 5.74) is 3.18. The highest BCUT2D eigenvalue weighted by Crippen LogP contribution is 2.33. The van der Waals surface area contributed by atoms with Crippen LogP contribution in [0.2, 0.25) is 0 Å². The van der Waals surface area contributed by atoms with Crippen LogP contribution in [-0.2, 0) is 6.42 Å². The molecule has 0 bridgehead atoms. The molecule has 0 saturated heterocycles. The molecule has 0 saturated carbocycles. The Labute approximate surface area is 171 Å². The molecule has 152 valence electrons. The van der Waals surface area contributed by atoms with Gasteiger partial charge in [-0.15, -0.1) is 0 Å². The number of ketones is 1. The molecule has 1 atom stereocenters. The molecule has 0 radical (unpaired) electrons. The van der Waals surface area contributed by atoms with E-state index in [0.29, 0.717) is 41.4 Å². The standard InChI is InChI=1S/C24H28N2O3/c1-14(2)12-15(3)26(18-8-9-19-17(13-18)10-11-25-19)24(28)23-16(4)22-20(27)6-5-7-21(22)29-23/h8-11,13-15,25H,5-7,12H2,1-4H3. The maximum atomic E-state index is 13.7. The number of anilines is 1. The number of aromatic nitrogens is 1. The van der Waals surface area contributed by atoms with Gasteiger partial charge >= 0.3 is 0 Å². The lowest BCUT2D eigenvalue weighted by molar-refractivity contribution is 0.0940. The predicted octanol–water partition coefficient (Wildman–Crippen LogP) is 5.67. The summed E-state index contributed by atoms with van der Waals surface area (Å²) in [6, 6.07) is 8.00. The number of fused-ring (bicyclic) bond motifs is 2. The minimum Gasteiger partial charge on any atom is -0.455 e. The topological polar surface area (TPSA) is 66.3 Å². The van der Waals surface area contributed by atoms with Crippen LogP contribution in [0.4, 0.5) is 5.69 Å². The highest BCUT2D eigenvalue weighted by molar-refractivity contribution is 6.09. The van der Waals surface area contributed by atoms with E-state index in [9.17, 15) is 9.59 Å². The Morgan fingerprint density at radius 1 is 1.21 bits per heavy atom. The molecule has 1 unspecified atom stereocenters. The molecule has 1 N–H and O–H groups in total. The van der Waals surface area contributed by atoms with Gasteiger partial charge < -0.3 is 14.3 Å². The molecular formula is C24H28N2O3. The number of carbonyl (C=O) groups excluding carboxylic acids is 2. The number of benzene rings is 1. The van der Waals surface area contributed by atoms with Crippen molar-refractivity contribution in [2.75, 3.05) is 4.90 Å². The SMILES string of the molecule is Cc1c(C(=O)N(c2ccc3[nH]ccc3c2)C(C)CC(C)C)oc2c1C(=O)CCC2. The summed E-state index contributed by atoms with van der Waals surface area (Å²) in [7, 11) is 0. The highest BCUT2D eigenvalue weighted by Gasteiger charge is 2.33. The first-order chi connectivity index (χ1) is 13.9. The molecule has 1 aliphatic rings. The lowest BCUT2D eigenvalue weighted by Gasteiger charge is -2.30. The van der Waals surface area contributed by atoms with Gasteiger partial charge in [-0.3, -0.25) is 9.59 Å². The highest BCUT2D eigenvalue weighted by atomic mass is 16.4. The van der Waals surface area contributed by atoms with Gasteiger partial charge in [0.05, 0.1) is 5.56 Å². The fourth-order valence-electron chi connectivity index (χ4n) is 4.51. The quantitative estimate of drug-likeness (QED) is 0.608. The minimum atomic E-state index is -0.173. The van der Waals surface area contributed by atoms with Gasteiger partial charge in [-0.05, 0) is 56.9 Å². The molecule has 1 aromatic carbocycles. The van der Waals surface area contributed by atoms with Crippen molar-refractivity contribution in [3.05, 3.63) is 53.1 Å². The first-order valence-electron chi connectivity index (χ1n) is 10.4. The van der Waals surface area contributed by atoms with E-state index in [2.05, 4.69) is 25.8 Å². The summed E-state index contributed by atoms with van der Waals surface area (Å²) in [6.45, 7) is 8.22. The number of amides is 1. The fourth-order valence-corrected chi connectivity index (χ4v) is 4.51.